The third kappa shape index (κ3) is 3.15. The number of hydrogen-bond acceptors (Lipinski definition) is 4. The molecule has 0 spiro atoms. The number of rotatable bonds is 5. The molecule has 1 aliphatic rings. The van der Waals surface area contributed by atoms with Crippen LogP contribution in [-0.4, -0.2) is 26.7 Å². The van der Waals surface area contributed by atoms with Crippen LogP contribution >= 0.6 is 0 Å². The Morgan fingerprint density at radius 3 is 2.53 bits per heavy atom. The summed E-state index contributed by atoms with van der Waals surface area (Å²) in [5.41, 5.74) is 1.67. The lowest BCUT2D eigenvalue weighted by Crippen LogP contribution is -2.34. The van der Waals surface area contributed by atoms with Gasteiger partial charge < -0.3 is 4.74 Å². The summed E-state index contributed by atoms with van der Waals surface area (Å²) in [4.78, 5) is 11.7. The Morgan fingerprint density at radius 1 is 1.37 bits per heavy atom. The molecule has 0 bridgehead atoms. The van der Waals surface area contributed by atoms with Gasteiger partial charge >= 0.3 is 5.97 Å². The highest BCUT2D eigenvalue weighted by Gasteiger charge is 2.45. The van der Waals surface area contributed by atoms with E-state index in [9.17, 15) is 13.2 Å². The molecule has 1 aromatic carbocycles. The van der Waals surface area contributed by atoms with Crippen molar-refractivity contribution in [3.63, 3.8) is 0 Å². The number of sulfone groups is 1. The molecule has 0 N–H and O–H groups in total. The molecule has 1 aromatic rings. The monoisotopic (exact) mass is 282 g/mol. The lowest BCUT2D eigenvalue weighted by atomic mass is 10.1. The predicted octanol–water partition coefficient (Wildman–Crippen LogP) is 1.86. The topological polar surface area (TPSA) is 60.4 Å². The Morgan fingerprint density at radius 2 is 2.00 bits per heavy atom. The van der Waals surface area contributed by atoms with Gasteiger partial charge in [0.05, 0.1) is 12.9 Å². The van der Waals surface area contributed by atoms with E-state index in [-0.39, 0.29) is 11.7 Å². The molecule has 1 saturated carbocycles. The summed E-state index contributed by atoms with van der Waals surface area (Å²) in [6.45, 7) is 1.87. The van der Waals surface area contributed by atoms with Gasteiger partial charge in [0, 0.05) is 0 Å². The fourth-order valence-electron chi connectivity index (χ4n) is 2.23. The number of benzene rings is 1. The fourth-order valence-corrected chi connectivity index (χ4v) is 4.41. The van der Waals surface area contributed by atoms with Crippen molar-refractivity contribution in [3.05, 3.63) is 35.4 Å². The lowest BCUT2D eigenvalue weighted by molar-refractivity contribution is -0.140. The largest absolute Gasteiger partial charge is 0.468 e. The van der Waals surface area contributed by atoms with E-state index >= 15 is 0 Å². The van der Waals surface area contributed by atoms with Crippen molar-refractivity contribution in [1.29, 1.82) is 0 Å². The van der Waals surface area contributed by atoms with Gasteiger partial charge in [-0.1, -0.05) is 24.3 Å². The molecule has 0 saturated heterocycles. The van der Waals surface area contributed by atoms with Crippen molar-refractivity contribution in [2.75, 3.05) is 7.11 Å². The van der Waals surface area contributed by atoms with Crippen LogP contribution in [0.5, 0.6) is 0 Å². The summed E-state index contributed by atoms with van der Waals surface area (Å²) < 4.78 is 29.5. The van der Waals surface area contributed by atoms with Crippen LogP contribution in [0.1, 0.15) is 24.0 Å². The molecule has 0 aliphatic heterocycles. The lowest BCUT2D eigenvalue weighted by Gasteiger charge is -2.15. The molecule has 1 fully saturated rings. The first kappa shape index (κ1) is 14.1. The second kappa shape index (κ2) is 5.33. The van der Waals surface area contributed by atoms with Crippen molar-refractivity contribution in [1.82, 2.24) is 0 Å². The summed E-state index contributed by atoms with van der Waals surface area (Å²) in [5, 5.41) is -1.00. The zero-order valence-corrected chi connectivity index (χ0v) is 11.9. The molecule has 0 amide bonds. The average Bonchev–Trinajstić information content (AvgIpc) is 3.16. The second-order valence-corrected chi connectivity index (χ2v) is 7.14. The molecule has 1 aliphatic carbocycles. The standard InChI is InChI=1S/C14H18O4S/c1-10-5-3-4-6-12(10)9-19(16,17)13(11-7-8-11)14(15)18-2/h3-6,11,13H,7-9H2,1-2H3. The molecule has 1 atom stereocenters. The minimum absolute atomic E-state index is 0.0681. The Bertz CT molecular complexity index is 573. The van der Waals surface area contributed by atoms with Crippen LogP contribution in [0.4, 0.5) is 0 Å². The summed E-state index contributed by atoms with van der Waals surface area (Å²) in [6, 6.07) is 7.33. The maximum atomic E-state index is 12.4. The van der Waals surface area contributed by atoms with Crippen molar-refractivity contribution in [3.8, 4) is 0 Å². The zero-order valence-electron chi connectivity index (χ0n) is 11.1. The Kier molecular flexibility index (Phi) is 3.94. The first-order valence-corrected chi connectivity index (χ1v) is 8.01. The maximum Gasteiger partial charge on any atom is 0.324 e. The third-order valence-corrected chi connectivity index (χ3v) is 5.55. The molecule has 104 valence electrons. The molecule has 0 radical (unpaired) electrons. The van der Waals surface area contributed by atoms with Crippen molar-refractivity contribution >= 4 is 15.8 Å². The highest BCUT2D eigenvalue weighted by atomic mass is 32.2. The summed E-state index contributed by atoms with van der Waals surface area (Å²) >= 11 is 0. The predicted molar refractivity (Wildman–Crippen MR) is 72.3 cm³/mol. The summed E-state index contributed by atoms with van der Waals surface area (Å²) in [6.07, 6.45) is 1.57. The zero-order chi connectivity index (χ0) is 14.0. The van der Waals surface area contributed by atoms with Crippen molar-refractivity contribution < 1.29 is 17.9 Å². The van der Waals surface area contributed by atoms with Crippen LogP contribution in [0.25, 0.3) is 0 Å². The van der Waals surface area contributed by atoms with E-state index in [2.05, 4.69) is 4.74 Å². The Labute approximate surface area is 113 Å². The number of aryl methyl sites for hydroxylation is 1. The van der Waals surface area contributed by atoms with Crippen LogP contribution in [-0.2, 0) is 25.1 Å². The SMILES string of the molecule is COC(=O)C(C1CC1)S(=O)(=O)Cc1ccccc1C. The number of esters is 1. The molecule has 5 heteroatoms. The van der Waals surface area contributed by atoms with Gasteiger partial charge in [-0.05, 0) is 36.8 Å². The molecule has 0 heterocycles. The quantitative estimate of drug-likeness (QED) is 0.773. The van der Waals surface area contributed by atoms with Gasteiger partial charge in [0.2, 0.25) is 0 Å². The van der Waals surface area contributed by atoms with Crippen LogP contribution in [0.15, 0.2) is 24.3 Å². The van der Waals surface area contributed by atoms with Crippen molar-refractivity contribution in [2.45, 2.75) is 30.8 Å². The Hall–Kier alpha value is -1.36. The van der Waals surface area contributed by atoms with Crippen LogP contribution in [0.2, 0.25) is 0 Å². The van der Waals surface area contributed by atoms with Gasteiger partial charge in [0.15, 0.2) is 15.1 Å². The Balaban J connectivity index is 2.26. The molecule has 4 nitrogen and oxygen atoms in total. The normalized spacial score (nSPS) is 16.9. The fraction of sp³-hybridized carbons (Fsp3) is 0.500. The molecule has 2 rings (SSSR count). The first-order chi connectivity index (χ1) is 8.95. The van der Waals surface area contributed by atoms with E-state index in [0.29, 0.717) is 0 Å². The van der Waals surface area contributed by atoms with Crippen molar-refractivity contribution in [2.24, 2.45) is 5.92 Å². The smallest absolute Gasteiger partial charge is 0.324 e. The molecular weight excluding hydrogens is 264 g/mol. The number of carbonyl (C=O) groups excluding carboxylic acids is 1. The van der Waals surface area contributed by atoms with E-state index in [1.54, 1.807) is 6.07 Å². The van der Waals surface area contributed by atoms with Crippen LogP contribution in [0, 0.1) is 12.8 Å². The molecule has 19 heavy (non-hydrogen) atoms. The maximum absolute atomic E-state index is 12.4. The van der Waals surface area contributed by atoms with E-state index in [0.717, 1.165) is 24.0 Å². The van der Waals surface area contributed by atoms with E-state index < -0.39 is 21.1 Å². The molecule has 1 unspecified atom stereocenters. The van der Waals surface area contributed by atoms with E-state index in [1.165, 1.54) is 7.11 Å². The highest BCUT2D eigenvalue weighted by Crippen LogP contribution is 2.38. The first-order valence-electron chi connectivity index (χ1n) is 6.29. The van der Waals surface area contributed by atoms with Gasteiger partial charge in [-0.25, -0.2) is 8.42 Å². The van der Waals surface area contributed by atoms with Gasteiger partial charge in [0.1, 0.15) is 0 Å². The summed E-state index contributed by atoms with van der Waals surface area (Å²) in [5.74, 6) is -0.798. The third-order valence-electron chi connectivity index (χ3n) is 3.49. The van der Waals surface area contributed by atoms with Gasteiger partial charge in [-0.15, -0.1) is 0 Å². The number of ether oxygens (including phenoxy) is 1. The second-order valence-electron chi connectivity index (χ2n) is 5.01. The molecular formula is C14H18O4S. The van der Waals surface area contributed by atoms with E-state index in [4.69, 9.17) is 0 Å². The number of hydrogen-bond donors (Lipinski definition) is 0. The highest BCUT2D eigenvalue weighted by molar-refractivity contribution is 7.92. The van der Waals surface area contributed by atoms with Gasteiger partial charge in [-0.3, -0.25) is 4.79 Å². The summed E-state index contributed by atoms with van der Waals surface area (Å²) in [7, 11) is -2.28. The van der Waals surface area contributed by atoms with Crippen LogP contribution in [0.3, 0.4) is 0 Å². The number of methoxy groups -OCH3 is 1. The molecule has 0 aromatic heterocycles. The van der Waals surface area contributed by atoms with E-state index in [1.807, 2.05) is 25.1 Å². The van der Waals surface area contributed by atoms with Crippen LogP contribution < -0.4 is 0 Å². The average molecular weight is 282 g/mol. The minimum atomic E-state index is -3.52. The number of carbonyl (C=O) groups is 1. The minimum Gasteiger partial charge on any atom is -0.468 e. The van der Waals surface area contributed by atoms with Gasteiger partial charge in [0.25, 0.3) is 0 Å². The van der Waals surface area contributed by atoms with Gasteiger partial charge in [-0.2, -0.15) is 0 Å².